The molecule has 8 heteroatoms. The molecule has 1 fully saturated rings. The molecule has 3 aromatic rings. The van der Waals surface area contributed by atoms with E-state index in [0.29, 0.717) is 17.2 Å². The summed E-state index contributed by atoms with van der Waals surface area (Å²) in [6, 6.07) is 20.6. The molecule has 1 aliphatic carbocycles. The fraction of sp³-hybridized carbons (Fsp3) is 0.269. The number of para-hydroxylation sites is 3. The van der Waals surface area contributed by atoms with Gasteiger partial charge < -0.3 is 14.8 Å². The van der Waals surface area contributed by atoms with Crippen LogP contribution in [0.4, 0.5) is 5.69 Å². The van der Waals surface area contributed by atoms with Crippen molar-refractivity contribution in [2.24, 2.45) is 0 Å². The van der Waals surface area contributed by atoms with E-state index in [0.717, 1.165) is 32.1 Å². The molecule has 7 nitrogen and oxygen atoms in total. The highest BCUT2D eigenvalue weighted by atomic mass is 32.2. The fourth-order valence-corrected chi connectivity index (χ4v) is 5.50. The molecule has 2 N–H and O–H groups in total. The van der Waals surface area contributed by atoms with Crippen LogP contribution in [0, 0.1) is 0 Å². The predicted molar refractivity (Wildman–Crippen MR) is 131 cm³/mol. The summed E-state index contributed by atoms with van der Waals surface area (Å²) in [5.74, 6) is 0.840. The van der Waals surface area contributed by atoms with Crippen LogP contribution >= 0.6 is 0 Å². The third-order valence-electron chi connectivity index (χ3n) is 5.75. The molecule has 0 spiro atoms. The van der Waals surface area contributed by atoms with Gasteiger partial charge in [-0.25, -0.2) is 13.1 Å². The molecule has 0 heterocycles. The van der Waals surface area contributed by atoms with Gasteiger partial charge in [0, 0.05) is 11.6 Å². The lowest BCUT2D eigenvalue weighted by molar-refractivity contribution is 0.102. The summed E-state index contributed by atoms with van der Waals surface area (Å²) in [5, 5.41) is 2.82. The third-order valence-corrected chi connectivity index (χ3v) is 7.29. The lowest BCUT2D eigenvalue weighted by atomic mass is 9.96. The van der Waals surface area contributed by atoms with Crippen LogP contribution in [0.3, 0.4) is 0 Å². The summed E-state index contributed by atoms with van der Waals surface area (Å²) in [4.78, 5) is 13.0. The third kappa shape index (κ3) is 5.76. The van der Waals surface area contributed by atoms with E-state index >= 15 is 0 Å². The summed E-state index contributed by atoms with van der Waals surface area (Å²) < 4.78 is 40.2. The van der Waals surface area contributed by atoms with E-state index in [2.05, 4.69) is 10.0 Å². The number of ether oxygens (including phenoxy) is 2. The maximum atomic E-state index is 13.1. The first-order chi connectivity index (χ1) is 16.5. The van der Waals surface area contributed by atoms with Crippen molar-refractivity contribution in [2.45, 2.75) is 43.0 Å². The summed E-state index contributed by atoms with van der Waals surface area (Å²) in [6.45, 7) is 0. The molecule has 1 saturated carbocycles. The molecule has 178 valence electrons. The quantitative estimate of drug-likeness (QED) is 0.453. The summed E-state index contributed by atoms with van der Waals surface area (Å²) in [7, 11) is -2.45. The molecule has 0 aliphatic heterocycles. The Morgan fingerprint density at radius 3 is 2.32 bits per heavy atom. The normalized spacial score (nSPS) is 14.4. The van der Waals surface area contributed by atoms with E-state index in [4.69, 9.17) is 9.47 Å². The van der Waals surface area contributed by atoms with Gasteiger partial charge in [-0.15, -0.1) is 0 Å². The first-order valence-corrected chi connectivity index (χ1v) is 12.8. The number of hydrogen-bond donors (Lipinski definition) is 2. The zero-order chi connectivity index (χ0) is 24.0. The number of amides is 1. The molecule has 1 amide bonds. The maximum absolute atomic E-state index is 13.1. The molecule has 34 heavy (non-hydrogen) atoms. The number of rotatable bonds is 8. The highest BCUT2D eigenvalue weighted by Crippen LogP contribution is 2.31. The Hall–Kier alpha value is -3.36. The zero-order valence-electron chi connectivity index (χ0n) is 19.0. The molecule has 0 unspecified atom stereocenters. The van der Waals surface area contributed by atoms with Crippen molar-refractivity contribution in [3.8, 4) is 17.2 Å². The van der Waals surface area contributed by atoms with E-state index in [1.807, 2.05) is 36.4 Å². The average Bonchev–Trinajstić information content (AvgIpc) is 2.86. The van der Waals surface area contributed by atoms with Crippen LogP contribution in [0.1, 0.15) is 42.5 Å². The van der Waals surface area contributed by atoms with Gasteiger partial charge >= 0.3 is 0 Å². The van der Waals surface area contributed by atoms with E-state index < -0.39 is 15.9 Å². The zero-order valence-corrected chi connectivity index (χ0v) is 19.8. The van der Waals surface area contributed by atoms with E-state index in [1.165, 1.54) is 25.3 Å². The first-order valence-electron chi connectivity index (χ1n) is 11.3. The Morgan fingerprint density at radius 1 is 0.882 bits per heavy atom. The molecular formula is C26H28N2O5S. The predicted octanol–water partition coefficient (Wildman–Crippen LogP) is 5.35. The number of benzene rings is 3. The van der Waals surface area contributed by atoms with Gasteiger partial charge in [0.25, 0.3) is 5.91 Å². The Balaban J connectivity index is 1.57. The van der Waals surface area contributed by atoms with E-state index in [1.54, 1.807) is 18.2 Å². The van der Waals surface area contributed by atoms with Crippen molar-refractivity contribution < 1.29 is 22.7 Å². The minimum Gasteiger partial charge on any atom is -0.495 e. The number of carbonyl (C=O) groups excluding carboxylic acids is 1. The first kappa shape index (κ1) is 23.8. The summed E-state index contributed by atoms with van der Waals surface area (Å²) in [5.41, 5.74) is 0.663. The monoisotopic (exact) mass is 480 g/mol. The highest BCUT2D eigenvalue weighted by Gasteiger charge is 2.26. The molecule has 0 bridgehead atoms. The van der Waals surface area contributed by atoms with Gasteiger partial charge in [0.2, 0.25) is 10.0 Å². The highest BCUT2D eigenvalue weighted by molar-refractivity contribution is 7.89. The van der Waals surface area contributed by atoms with Crippen LogP contribution in [0.2, 0.25) is 0 Å². The second-order valence-electron chi connectivity index (χ2n) is 8.19. The smallest absolute Gasteiger partial charge is 0.255 e. The van der Waals surface area contributed by atoms with Crippen LogP contribution in [-0.2, 0) is 10.0 Å². The Kier molecular flexibility index (Phi) is 7.49. The van der Waals surface area contributed by atoms with Gasteiger partial charge in [-0.3, -0.25) is 4.79 Å². The van der Waals surface area contributed by atoms with Crippen molar-refractivity contribution in [3.63, 3.8) is 0 Å². The van der Waals surface area contributed by atoms with Crippen molar-refractivity contribution in [3.05, 3.63) is 78.4 Å². The minimum absolute atomic E-state index is 0.0537. The largest absolute Gasteiger partial charge is 0.495 e. The topological polar surface area (TPSA) is 93.7 Å². The SMILES string of the molecule is COc1ccc(C(=O)Nc2ccccc2Oc2ccccc2)cc1S(=O)(=O)NC1CCCCC1. The molecular weight excluding hydrogens is 452 g/mol. The lowest BCUT2D eigenvalue weighted by Crippen LogP contribution is -2.36. The Labute approximate surface area is 200 Å². The fourth-order valence-electron chi connectivity index (χ4n) is 4.00. The van der Waals surface area contributed by atoms with Crippen LogP contribution in [0.25, 0.3) is 0 Å². The van der Waals surface area contributed by atoms with Crippen molar-refractivity contribution in [2.75, 3.05) is 12.4 Å². The van der Waals surface area contributed by atoms with Gasteiger partial charge in [0.05, 0.1) is 12.8 Å². The van der Waals surface area contributed by atoms with Gasteiger partial charge in [-0.05, 0) is 55.3 Å². The number of anilines is 1. The van der Waals surface area contributed by atoms with Crippen LogP contribution in [-0.4, -0.2) is 27.5 Å². The van der Waals surface area contributed by atoms with Gasteiger partial charge in [-0.2, -0.15) is 0 Å². The molecule has 3 aromatic carbocycles. The van der Waals surface area contributed by atoms with Crippen LogP contribution in [0.5, 0.6) is 17.2 Å². The Morgan fingerprint density at radius 2 is 1.59 bits per heavy atom. The van der Waals surface area contributed by atoms with Gasteiger partial charge in [0.1, 0.15) is 16.4 Å². The number of methoxy groups -OCH3 is 1. The molecule has 0 saturated heterocycles. The summed E-state index contributed by atoms with van der Waals surface area (Å²) >= 11 is 0. The van der Waals surface area contributed by atoms with E-state index in [9.17, 15) is 13.2 Å². The van der Waals surface area contributed by atoms with Crippen LogP contribution < -0.4 is 19.5 Å². The number of hydrogen-bond acceptors (Lipinski definition) is 5. The van der Waals surface area contributed by atoms with Gasteiger partial charge in [0.15, 0.2) is 5.75 Å². The van der Waals surface area contributed by atoms with Crippen molar-refractivity contribution in [1.82, 2.24) is 4.72 Å². The minimum atomic E-state index is -3.86. The second-order valence-corrected chi connectivity index (χ2v) is 9.87. The van der Waals surface area contributed by atoms with Crippen molar-refractivity contribution in [1.29, 1.82) is 0 Å². The average molecular weight is 481 g/mol. The van der Waals surface area contributed by atoms with Crippen molar-refractivity contribution >= 4 is 21.6 Å². The summed E-state index contributed by atoms with van der Waals surface area (Å²) in [6.07, 6.45) is 4.72. The lowest BCUT2D eigenvalue weighted by Gasteiger charge is -2.23. The standard InChI is InChI=1S/C26H28N2O5S/c1-32-24-17-16-19(18-25(24)34(30,31)28-20-10-4-2-5-11-20)26(29)27-22-14-8-9-15-23(22)33-21-12-6-3-7-13-21/h3,6-9,12-18,20,28H,2,4-5,10-11H2,1H3,(H,27,29). The van der Waals surface area contributed by atoms with Gasteiger partial charge in [-0.1, -0.05) is 49.6 Å². The Bertz CT molecular complexity index is 1240. The second kappa shape index (κ2) is 10.7. The number of carbonyl (C=O) groups is 1. The molecule has 4 rings (SSSR count). The molecule has 0 atom stereocenters. The van der Waals surface area contributed by atoms with Crippen LogP contribution in [0.15, 0.2) is 77.7 Å². The maximum Gasteiger partial charge on any atom is 0.255 e. The van der Waals surface area contributed by atoms with E-state index in [-0.39, 0.29) is 22.3 Å². The molecule has 0 radical (unpaired) electrons. The number of sulfonamides is 1. The molecule has 0 aromatic heterocycles. The molecule has 1 aliphatic rings. The number of nitrogens with one attached hydrogen (secondary N) is 2.